The van der Waals surface area contributed by atoms with Crippen LogP contribution in [0.3, 0.4) is 0 Å². The molecule has 0 aliphatic rings. The normalized spacial score (nSPS) is 10.4. The quantitative estimate of drug-likeness (QED) is 0.544. The van der Waals surface area contributed by atoms with E-state index in [2.05, 4.69) is 5.32 Å². The van der Waals surface area contributed by atoms with Gasteiger partial charge in [0.05, 0.1) is 6.54 Å². The third-order valence-electron chi connectivity index (χ3n) is 4.11. The molecule has 0 aliphatic carbocycles. The highest BCUT2D eigenvalue weighted by Gasteiger charge is 2.06. The first kappa shape index (κ1) is 19.8. The molecule has 0 saturated heterocycles. The van der Waals surface area contributed by atoms with E-state index in [4.69, 9.17) is 21.1 Å². The third-order valence-corrected chi connectivity index (χ3v) is 4.48. The molecule has 144 valence electrons. The van der Waals surface area contributed by atoms with Gasteiger partial charge in [-0.05, 0) is 55.0 Å². The highest BCUT2D eigenvalue weighted by Crippen LogP contribution is 2.19. The Morgan fingerprint density at radius 2 is 1.71 bits per heavy atom. The lowest BCUT2D eigenvalue weighted by Crippen LogP contribution is -2.28. The van der Waals surface area contributed by atoms with Crippen LogP contribution >= 0.6 is 11.6 Å². The highest BCUT2D eigenvalue weighted by molar-refractivity contribution is 6.31. The number of nitrogens with one attached hydrogen (secondary N) is 1. The Morgan fingerprint density at radius 3 is 2.46 bits per heavy atom. The molecule has 4 nitrogen and oxygen atoms in total. The van der Waals surface area contributed by atoms with Gasteiger partial charge in [0, 0.05) is 16.1 Å². The van der Waals surface area contributed by atoms with Gasteiger partial charge in [0.2, 0.25) is 0 Å². The van der Waals surface area contributed by atoms with Crippen LogP contribution in [-0.2, 0) is 6.61 Å². The molecule has 5 heteroatoms. The SMILES string of the molecule is Cc1cccc(OCCNC(=O)c2ccc(OCc3ccccc3Cl)cc2)c1. The van der Waals surface area contributed by atoms with E-state index in [1.165, 1.54) is 0 Å². The summed E-state index contributed by atoms with van der Waals surface area (Å²) in [5.74, 6) is 1.33. The molecule has 0 spiro atoms. The molecule has 0 aliphatic heterocycles. The van der Waals surface area contributed by atoms with Crippen molar-refractivity contribution in [2.24, 2.45) is 0 Å². The van der Waals surface area contributed by atoms with Crippen LogP contribution in [0.1, 0.15) is 21.5 Å². The van der Waals surface area contributed by atoms with Crippen molar-refractivity contribution in [1.29, 1.82) is 0 Å². The molecule has 0 unspecified atom stereocenters. The maximum atomic E-state index is 12.2. The maximum absolute atomic E-state index is 12.2. The molecule has 0 atom stereocenters. The van der Waals surface area contributed by atoms with Crippen LogP contribution in [0.15, 0.2) is 72.8 Å². The van der Waals surface area contributed by atoms with E-state index in [1.54, 1.807) is 24.3 Å². The number of amides is 1. The number of hydrogen-bond donors (Lipinski definition) is 1. The zero-order chi connectivity index (χ0) is 19.8. The van der Waals surface area contributed by atoms with Gasteiger partial charge in [0.25, 0.3) is 5.91 Å². The van der Waals surface area contributed by atoms with Gasteiger partial charge in [-0.15, -0.1) is 0 Å². The van der Waals surface area contributed by atoms with Crippen molar-refractivity contribution in [2.45, 2.75) is 13.5 Å². The minimum atomic E-state index is -0.148. The van der Waals surface area contributed by atoms with Gasteiger partial charge in [-0.2, -0.15) is 0 Å². The van der Waals surface area contributed by atoms with Gasteiger partial charge in [-0.25, -0.2) is 0 Å². The predicted octanol–water partition coefficient (Wildman–Crippen LogP) is 5.04. The molecule has 0 aromatic heterocycles. The molecule has 1 amide bonds. The Bertz CT molecular complexity index is 925. The molecule has 3 aromatic carbocycles. The summed E-state index contributed by atoms with van der Waals surface area (Å²) >= 11 is 6.12. The van der Waals surface area contributed by atoms with E-state index in [0.717, 1.165) is 16.9 Å². The Hall–Kier alpha value is -2.98. The van der Waals surface area contributed by atoms with Crippen molar-refractivity contribution >= 4 is 17.5 Å². The van der Waals surface area contributed by atoms with Crippen LogP contribution in [0.5, 0.6) is 11.5 Å². The Morgan fingerprint density at radius 1 is 0.929 bits per heavy atom. The second-order valence-corrected chi connectivity index (χ2v) is 6.73. The second kappa shape index (κ2) is 9.81. The van der Waals surface area contributed by atoms with Gasteiger partial charge in [0.1, 0.15) is 24.7 Å². The first-order valence-electron chi connectivity index (χ1n) is 9.06. The Kier molecular flexibility index (Phi) is 6.93. The van der Waals surface area contributed by atoms with Crippen LogP contribution in [0.4, 0.5) is 0 Å². The molecule has 0 bridgehead atoms. The molecule has 28 heavy (non-hydrogen) atoms. The number of halogens is 1. The fraction of sp³-hybridized carbons (Fsp3) is 0.174. The maximum Gasteiger partial charge on any atom is 0.251 e. The molecule has 1 N–H and O–H groups in total. The third kappa shape index (κ3) is 5.76. The van der Waals surface area contributed by atoms with E-state index >= 15 is 0 Å². The largest absolute Gasteiger partial charge is 0.492 e. The van der Waals surface area contributed by atoms with Crippen molar-refractivity contribution < 1.29 is 14.3 Å². The van der Waals surface area contributed by atoms with Crippen molar-refractivity contribution in [3.05, 3.63) is 94.5 Å². The summed E-state index contributed by atoms with van der Waals surface area (Å²) in [6.07, 6.45) is 0. The average molecular weight is 396 g/mol. The van der Waals surface area contributed by atoms with E-state index in [9.17, 15) is 4.79 Å². The average Bonchev–Trinajstić information content (AvgIpc) is 2.71. The number of carbonyl (C=O) groups is 1. The van der Waals surface area contributed by atoms with Crippen LogP contribution in [-0.4, -0.2) is 19.1 Å². The molecule has 3 aromatic rings. The zero-order valence-corrected chi connectivity index (χ0v) is 16.4. The minimum absolute atomic E-state index is 0.148. The van der Waals surface area contributed by atoms with Gasteiger partial charge < -0.3 is 14.8 Å². The highest BCUT2D eigenvalue weighted by atomic mass is 35.5. The lowest BCUT2D eigenvalue weighted by atomic mass is 10.2. The lowest BCUT2D eigenvalue weighted by Gasteiger charge is -2.10. The zero-order valence-electron chi connectivity index (χ0n) is 15.7. The number of rotatable bonds is 8. The van der Waals surface area contributed by atoms with Crippen molar-refractivity contribution in [3.8, 4) is 11.5 Å². The molecular formula is C23H22ClNO3. The van der Waals surface area contributed by atoms with Crippen molar-refractivity contribution in [3.63, 3.8) is 0 Å². The molecule has 0 heterocycles. The van der Waals surface area contributed by atoms with Crippen LogP contribution in [0, 0.1) is 6.92 Å². The van der Waals surface area contributed by atoms with E-state index in [-0.39, 0.29) is 5.91 Å². The number of aryl methyl sites for hydroxylation is 1. The number of ether oxygens (including phenoxy) is 2. The van der Waals surface area contributed by atoms with Gasteiger partial charge >= 0.3 is 0 Å². The Balaban J connectivity index is 1.43. The summed E-state index contributed by atoms with van der Waals surface area (Å²) in [6.45, 7) is 3.23. The van der Waals surface area contributed by atoms with Crippen LogP contribution in [0.25, 0.3) is 0 Å². The lowest BCUT2D eigenvalue weighted by molar-refractivity contribution is 0.0947. The number of carbonyl (C=O) groups excluding carboxylic acids is 1. The van der Waals surface area contributed by atoms with Crippen molar-refractivity contribution in [1.82, 2.24) is 5.32 Å². The summed E-state index contributed by atoms with van der Waals surface area (Å²) < 4.78 is 11.4. The molecular weight excluding hydrogens is 374 g/mol. The van der Waals surface area contributed by atoms with Gasteiger partial charge in [0.15, 0.2) is 0 Å². The fourth-order valence-corrected chi connectivity index (χ4v) is 2.81. The first-order chi connectivity index (χ1) is 13.6. The van der Waals surface area contributed by atoms with Gasteiger partial charge in [-0.1, -0.05) is 41.9 Å². The van der Waals surface area contributed by atoms with E-state index < -0.39 is 0 Å². The summed E-state index contributed by atoms with van der Waals surface area (Å²) in [4.78, 5) is 12.2. The summed E-state index contributed by atoms with van der Waals surface area (Å²) in [6, 6.07) is 22.4. The summed E-state index contributed by atoms with van der Waals surface area (Å²) in [5.41, 5.74) is 2.62. The van der Waals surface area contributed by atoms with Crippen LogP contribution in [0.2, 0.25) is 5.02 Å². The summed E-state index contributed by atoms with van der Waals surface area (Å²) in [7, 11) is 0. The number of benzene rings is 3. The van der Waals surface area contributed by atoms with E-state index in [0.29, 0.717) is 36.1 Å². The minimum Gasteiger partial charge on any atom is -0.492 e. The van der Waals surface area contributed by atoms with Gasteiger partial charge in [-0.3, -0.25) is 4.79 Å². The fourth-order valence-electron chi connectivity index (χ4n) is 2.62. The van der Waals surface area contributed by atoms with Crippen molar-refractivity contribution in [2.75, 3.05) is 13.2 Å². The van der Waals surface area contributed by atoms with Crippen LogP contribution < -0.4 is 14.8 Å². The monoisotopic (exact) mass is 395 g/mol. The molecule has 0 radical (unpaired) electrons. The number of hydrogen-bond acceptors (Lipinski definition) is 3. The standard InChI is InChI=1S/C23H22ClNO3/c1-17-5-4-7-21(15-17)27-14-13-25-23(26)18-9-11-20(12-10-18)28-16-19-6-2-3-8-22(19)24/h2-12,15H,13-14,16H2,1H3,(H,25,26). The summed E-state index contributed by atoms with van der Waals surface area (Å²) in [5, 5.41) is 3.52. The molecule has 0 fully saturated rings. The second-order valence-electron chi connectivity index (χ2n) is 6.33. The topological polar surface area (TPSA) is 47.6 Å². The van der Waals surface area contributed by atoms with E-state index in [1.807, 2.05) is 55.5 Å². The smallest absolute Gasteiger partial charge is 0.251 e. The molecule has 0 saturated carbocycles. The first-order valence-corrected chi connectivity index (χ1v) is 9.43. The molecule has 3 rings (SSSR count). The Labute approximate surface area is 170 Å². The predicted molar refractivity (Wildman–Crippen MR) is 111 cm³/mol.